The Morgan fingerprint density at radius 3 is 2.50 bits per heavy atom. The van der Waals surface area contributed by atoms with Crippen LogP contribution in [-0.4, -0.2) is 41.4 Å². The number of nitrogens with zero attached hydrogens (tertiary/aromatic N) is 3. The number of aromatic nitrogens is 3. The van der Waals surface area contributed by atoms with Gasteiger partial charge in [0.2, 0.25) is 6.10 Å². The standard InChI is InChI=1S/C17H17ClN4O4/c1-10(26-22-16-6-11(18)4-5-15(16)20-21-22)17(23)19-12-7-13(24-2)9-14(8-12)25-3/h4-10H,1-3H3,(H,19,23)/t10-/m1/s1. The third kappa shape index (κ3) is 3.80. The molecule has 0 aliphatic carbocycles. The predicted octanol–water partition coefficient (Wildman–Crippen LogP) is 2.56. The smallest absolute Gasteiger partial charge is 0.267 e. The van der Waals surface area contributed by atoms with Gasteiger partial charge in [-0.2, -0.15) is 0 Å². The first-order valence-corrected chi connectivity index (χ1v) is 8.10. The number of rotatable bonds is 6. The highest BCUT2D eigenvalue weighted by Crippen LogP contribution is 2.26. The Balaban J connectivity index is 1.74. The van der Waals surface area contributed by atoms with E-state index in [1.807, 2.05) is 0 Å². The minimum Gasteiger partial charge on any atom is -0.497 e. The molecule has 1 heterocycles. The molecule has 136 valence electrons. The molecule has 8 nitrogen and oxygen atoms in total. The number of nitrogens with one attached hydrogen (secondary N) is 1. The van der Waals surface area contributed by atoms with E-state index in [1.165, 1.54) is 19.1 Å². The third-order valence-electron chi connectivity index (χ3n) is 3.62. The summed E-state index contributed by atoms with van der Waals surface area (Å²) in [7, 11) is 3.07. The van der Waals surface area contributed by atoms with Crippen molar-refractivity contribution in [2.75, 3.05) is 19.5 Å². The van der Waals surface area contributed by atoms with Crippen molar-refractivity contribution in [3.63, 3.8) is 0 Å². The molecule has 2 aromatic carbocycles. The maximum absolute atomic E-state index is 12.4. The second kappa shape index (κ2) is 7.49. The van der Waals surface area contributed by atoms with Gasteiger partial charge in [0.1, 0.15) is 22.5 Å². The van der Waals surface area contributed by atoms with Crippen molar-refractivity contribution in [1.82, 2.24) is 15.2 Å². The second-order valence-corrected chi connectivity index (χ2v) is 5.87. The van der Waals surface area contributed by atoms with Gasteiger partial charge < -0.3 is 19.6 Å². The van der Waals surface area contributed by atoms with E-state index in [-0.39, 0.29) is 5.91 Å². The SMILES string of the molecule is COc1cc(NC(=O)[C@@H](C)On2nnc3ccc(Cl)cc32)cc(OC)c1. The molecule has 1 aromatic heterocycles. The van der Waals surface area contributed by atoms with Crippen LogP contribution in [0, 0.1) is 0 Å². The fraction of sp³-hybridized carbons (Fsp3) is 0.235. The second-order valence-electron chi connectivity index (χ2n) is 5.43. The predicted molar refractivity (Wildman–Crippen MR) is 96.8 cm³/mol. The number of benzene rings is 2. The molecule has 0 bridgehead atoms. The van der Waals surface area contributed by atoms with Crippen LogP contribution in [0.15, 0.2) is 36.4 Å². The average Bonchev–Trinajstić information content (AvgIpc) is 3.03. The quantitative estimate of drug-likeness (QED) is 0.711. The molecule has 26 heavy (non-hydrogen) atoms. The van der Waals surface area contributed by atoms with Crippen molar-refractivity contribution < 1.29 is 19.1 Å². The Bertz CT molecular complexity index is 921. The number of hydrogen-bond acceptors (Lipinski definition) is 6. The van der Waals surface area contributed by atoms with Gasteiger partial charge in [-0.1, -0.05) is 16.4 Å². The van der Waals surface area contributed by atoms with Crippen LogP contribution in [0.3, 0.4) is 0 Å². The van der Waals surface area contributed by atoms with E-state index in [0.717, 1.165) is 0 Å². The van der Waals surface area contributed by atoms with Crippen LogP contribution in [0.1, 0.15) is 6.92 Å². The van der Waals surface area contributed by atoms with Crippen molar-refractivity contribution in [3.05, 3.63) is 41.4 Å². The van der Waals surface area contributed by atoms with Crippen LogP contribution in [0.25, 0.3) is 11.0 Å². The van der Waals surface area contributed by atoms with Crippen molar-refractivity contribution in [1.29, 1.82) is 0 Å². The fourth-order valence-electron chi connectivity index (χ4n) is 2.27. The zero-order valence-corrected chi connectivity index (χ0v) is 15.1. The molecule has 0 aliphatic rings. The number of ether oxygens (including phenoxy) is 2. The highest BCUT2D eigenvalue weighted by molar-refractivity contribution is 6.31. The number of halogens is 1. The lowest BCUT2D eigenvalue weighted by Gasteiger charge is -2.15. The summed E-state index contributed by atoms with van der Waals surface area (Å²) >= 11 is 5.98. The van der Waals surface area contributed by atoms with Crippen molar-refractivity contribution in [2.45, 2.75) is 13.0 Å². The molecule has 0 unspecified atom stereocenters. The van der Waals surface area contributed by atoms with Crippen LogP contribution in [0.4, 0.5) is 5.69 Å². The molecule has 1 amide bonds. The molecule has 3 rings (SSSR count). The number of anilines is 1. The summed E-state index contributed by atoms with van der Waals surface area (Å²) in [6.07, 6.45) is -0.837. The number of hydrogen-bond donors (Lipinski definition) is 1. The summed E-state index contributed by atoms with van der Waals surface area (Å²) < 4.78 is 10.4. The average molecular weight is 377 g/mol. The topological polar surface area (TPSA) is 87.5 Å². The normalized spacial score (nSPS) is 11.8. The Kier molecular flexibility index (Phi) is 5.13. The van der Waals surface area contributed by atoms with Crippen molar-refractivity contribution in [3.8, 4) is 11.5 Å². The summed E-state index contributed by atoms with van der Waals surface area (Å²) in [5.74, 6) is 0.751. The number of amides is 1. The first-order valence-electron chi connectivity index (χ1n) is 7.72. The Morgan fingerprint density at radius 2 is 1.85 bits per heavy atom. The zero-order valence-electron chi connectivity index (χ0n) is 14.4. The molecule has 0 spiro atoms. The van der Waals surface area contributed by atoms with Gasteiger partial charge in [-0.3, -0.25) is 4.79 Å². The van der Waals surface area contributed by atoms with Crippen molar-refractivity contribution in [2.24, 2.45) is 0 Å². The van der Waals surface area contributed by atoms with E-state index in [9.17, 15) is 4.79 Å². The van der Waals surface area contributed by atoms with Gasteiger partial charge in [-0.15, -0.1) is 5.10 Å². The third-order valence-corrected chi connectivity index (χ3v) is 3.86. The highest BCUT2D eigenvalue weighted by atomic mass is 35.5. The van der Waals surface area contributed by atoms with E-state index in [2.05, 4.69) is 15.6 Å². The summed E-state index contributed by atoms with van der Waals surface area (Å²) in [5.41, 5.74) is 1.70. The molecular formula is C17H17ClN4O4. The fourth-order valence-corrected chi connectivity index (χ4v) is 2.44. The molecule has 0 fully saturated rings. The summed E-state index contributed by atoms with van der Waals surface area (Å²) in [6, 6.07) is 10.2. The molecular weight excluding hydrogens is 360 g/mol. The monoisotopic (exact) mass is 376 g/mol. The number of carbonyl (C=O) groups is 1. The van der Waals surface area contributed by atoms with Gasteiger partial charge in [0, 0.05) is 28.9 Å². The molecule has 0 radical (unpaired) electrons. The largest absolute Gasteiger partial charge is 0.497 e. The van der Waals surface area contributed by atoms with E-state index in [4.69, 9.17) is 25.9 Å². The van der Waals surface area contributed by atoms with Crippen LogP contribution in [0.5, 0.6) is 11.5 Å². The molecule has 9 heteroatoms. The number of methoxy groups -OCH3 is 2. The first-order chi connectivity index (χ1) is 12.5. The molecule has 0 saturated heterocycles. The molecule has 0 aliphatic heterocycles. The van der Waals surface area contributed by atoms with Gasteiger partial charge in [0.25, 0.3) is 5.91 Å². The minimum atomic E-state index is -0.837. The van der Waals surface area contributed by atoms with Gasteiger partial charge >= 0.3 is 0 Å². The van der Waals surface area contributed by atoms with Crippen LogP contribution < -0.4 is 19.6 Å². The Labute approximate surface area is 154 Å². The Morgan fingerprint density at radius 1 is 1.15 bits per heavy atom. The van der Waals surface area contributed by atoms with E-state index < -0.39 is 6.10 Å². The first kappa shape index (κ1) is 17.8. The van der Waals surface area contributed by atoms with Crippen LogP contribution in [0.2, 0.25) is 5.02 Å². The molecule has 3 aromatic rings. The summed E-state index contributed by atoms with van der Waals surface area (Å²) in [6.45, 7) is 1.60. The maximum Gasteiger partial charge on any atom is 0.267 e. The summed E-state index contributed by atoms with van der Waals surface area (Å²) in [5, 5.41) is 11.1. The zero-order chi connectivity index (χ0) is 18.7. The molecule has 0 saturated carbocycles. The molecule has 1 N–H and O–H groups in total. The lowest BCUT2D eigenvalue weighted by molar-refractivity contribution is -0.127. The van der Waals surface area contributed by atoms with Gasteiger partial charge in [0.05, 0.1) is 14.2 Å². The van der Waals surface area contributed by atoms with E-state index in [0.29, 0.717) is 33.2 Å². The summed E-state index contributed by atoms with van der Waals surface area (Å²) in [4.78, 5) is 19.2. The van der Waals surface area contributed by atoms with Crippen LogP contribution in [-0.2, 0) is 4.79 Å². The lowest BCUT2D eigenvalue weighted by Crippen LogP contribution is -2.35. The molecule has 1 atom stereocenters. The number of fused-ring (bicyclic) bond motifs is 1. The Hall–Kier alpha value is -3.00. The van der Waals surface area contributed by atoms with Gasteiger partial charge in [-0.05, 0) is 30.3 Å². The maximum atomic E-state index is 12.4. The van der Waals surface area contributed by atoms with Crippen molar-refractivity contribution >= 4 is 34.2 Å². The van der Waals surface area contributed by atoms with Gasteiger partial charge in [-0.25, -0.2) is 0 Å². The number of carbonyl (C=O) groups excluding carboxylic acids is 1. The highest BCUT2D eigenvalue weighted by Gasteiger charge is 2.18. The minimum absolute atomic E-state index is 0.369. The van der Waals surface area contributed by atoms with E-state index >= 15 is 0 Å². The van der Waals surface area contributed by atoms with Gasteiger partial charge in [0.15, 0.2) is 0 Å². The van der Waals surface area contributed by atoms with E-state index in [1.54, 1.807) is 43.3 Å². The van der Waals surface area contributed by atoms with Crippen LogP contribution >= 0.6 is 11.6 Å². The lowest BCUT2D eigenvalue weighted by atomic mass is 10.2.